The Morgan fingerprint density at radius 3 is 3.06 bits per heavy atom. The Balaban J connectivity index is 2.13. The van der Waals surface area contributed by atoms with E-state index in [0.29, 0.717) is 23.5 Å². The molecule has 1 aliphatic rings. The van der Waals surface area contributed by atoms with Crippen molar-refractivity contribution in [2.75, 3.05) is 0 Å². The first-order chi connectivity index (χ1) is 8.66. The second kappa shape index (κ2) is 4.17. The summed E-state index contributed by atoms with van der Waals surface area (Å²) in [4.78, 5) is 0. The van der Waals surface area contributed by atoms with Crippen molar-refractivity contribution >= 4 is 0 Å². The Kier molecular flexibility index (Phi) is 2.63. The highest BCUT2D eigenvalue weighted by Gasteiger charge is 2.22. The van der Waals surface area contributed by atoms with E-state index >= 15 is 0 Å². The standard InChI is InChI=1S/C13H15FN4/c1-8-3-2-4-10(12(8)14)13-17-16-11-6-5-9(15)7-18(11)13/h2-4,9H,5-7,15H2,1H3. The van der Waals surface area contributed by atoms with E-state index in [9.17, 15) is 4.39 Å². The first-order valence-corrected chi connectivity index (χ1v) is 6.10. The molecule has 1 unspecified atom stereocenters. The number of fused-ring (bicyclic) bond motifs is 1. The van der Waals surface area contributed by atoms with E-state index in [1.54, 1.807) is 19.1 Å². The van der Waals surface area contributed by atoms with Gasteiger partial charge >= 0.3 is 0 Å². The molecule has 1 atom stereocenters. The molecule has 0 saturated heterocycles. The van der Waals surface area contributed by atoms with Gasteiger partial charge in [-0.1, -0.05) is 12.1 Å². The summed E-state index contributed by atoms with van der Waals surface area (Å²) in [6.45, 7) is 2.41. The number of aromatic nitrogens is 3. The average molecular weight is 246 g/mol. The lowest BCUT2D eigenvalue weighted by atomic mass is 10.1. The third kappa shape index (κ3) is 1.71. The molecule has 5 heteroatoms. The Hall–Kier alpha value is -1.75. The monoisotopic (exact) mass is 246 g/mol. The van der Waals surface area contributed by atoms with Gasteiger partial charge in [-0.2, -0.15) is 0 Å². The fourth-order valence-electron chi connectivity index (χ4n) is 2.37. The molecule has 1 aliphatic heterocycles. The zero-order chi connectivity index (χ0) is 12.7. The van der Waals surface area contributed by atoms with Crippen LogP contribution >= 0.6 is 0 Å². The molecule has 4 nitrogen and oxygen atoms in total. The molecule has 94 valence electrons. The summed E-state index contributed by atoms with van der Waals surface area (Å²) in [5.74, 6) is 1.25. The third-order valence-corrected chi connectivity index (χ3v) is 3.42. The molecule has 0 amide bonds. The molecule has 18 heavy (non-hydrogen) atoms. The topological polar surface area (TPSA) is 56.7 Å². The maximum atomic E-state index is 14.1. The van der Waals surface area contributed by atoms with Crippen molar-refractivity contribution in [2.45, 2.75) is 32.4 Å². The molecular formula is C13H15FN4. The van der Waals surface area contributed by atoms with Crippen molar-refractivity contribution < 1.29 is 4.39 Å². The van der Waals surface area contributed by atoms with Gasteiger partial charge in [0.2, 0.25) is 0 Å². The van der Waals surface area contributed by atoms with Gasteiger partial charge in [0.1, 0.15) is 11.6 Å². The van der Waals surface area contributed by atoms with Crippen LogP contribution in [-0.4, -0.2) is 20.8 Å². The Labute approximate surface area is 105 Å². The molecule has 2 heterocycles. The molecule has 2 N–H and O–H groups in total. The third-order valence-electron chi connectivity index (χ3n) is 3.42. The van der Waals surface area contributed by atoms with Crippen LogP contribution in [0, 0.1) is 12.7 Å². The van der Waals surface area contributed by atoms with E-state index in [1.165, 1.54) is 0 Å². The van der Waals surface area contributed by atoms with Crippen molar-refractivity contribution in [2.24, 2.45) is 5.73 Å². The normalized spacial score (nSPS) is 18.7. The number of nitrogens with two attached hydrogens (primary N) is 1. The number of hydrogen-bond acceptors (Lipinski definition) is 3. The maximum absolute atomic E-state index is 14.1. The molecule has 1 aromatic carbocycles. The summed E-state index contributed by atoms with van der Waals surface area (Å²) in [6.07, 6.45) is 1.72. The van der Waals surface area contributed by atoms with E-state index in [0.717, 1.165) is 18.7 Å². The van der Waals surface area contributed by atoms with Gasteiger partial charge in [0.05, 0.1) is 5.56 Å². The van der Waals surface area contributed by atoms with Gasteiger partial charge in [0.15, 0.2) is 5.82 Å². The summed E-state index contributed by atoms with van der Waals surface area (Å²) in [6, 6.07) is 5.41. The van der Waals surface area contributed by atoms with Crippen LogP contribution in [0.3, 0.4) is 0 Å². The van der Waals surface area contributed by atoms with E-state index < -0.39 is 0 Å². The summed E-state index contributed by atoms with van der Waals surface area (Å²) in [5.41, 5.74) is 7.07. The van der Waals surface area contributed by atoms with E-state index in [1.807, 2.05) is 10.6 Å². The van der Waals surface area contributed by atoms with Crippen LogP contribution in [0.5, 0.6) is 0 Å². The predicted octanol–water partition coefficient (Wildman–Crippen LogP) is 1.67. The predicted molar refractivity (Wildman–Crippen MR) is 66.4 cm³/mol. The number of halogens is 1. The van der Waals surface area contributed by atoms with Crippen LogP contribution in [-0.2, 0) is 13.0 Å². The van der Waals surface area contributed by atoms with Gasteiger partial charge in [-0.3, -0.25) is 0 Å². The summed E-state index contributed by atoms with van der Waals surface area (Å²) < 4.78 is 16.1. The number of aryl methyl sites for hydroxylation is 2. The SMILES string of the molecule is Cc1cccc(-c2nnc3n2CC(N)CC3)c1F. The van der Waals surface area contributed by atoms with Gasteiger partial charge in [-0.25, -0.2) is 4.39 Å². The molecule has 0 aliphatic carbocycles. The minimum atomic E-state index is -0.230. The Morgan fingerprint density at radius 1 is 1.39 bits per heavy atom. The largest absolute Gasteiger partial charge is 0.326 e. The first kappa shape index (κ1) is 11.3. The van der Waals surface area contributed by atoms with Crippen LogP contribution < -0.4 is 5.73 Å². The lowest BCUT2D eigenvalue weighted by molar-refractivity contribution is 0.455. The highest BCUT2D eigenvalue weighted by molar-refractivity contribution is 5.57. The number of rotatable bonds is 1. The van der Waals surface area contributed by atoms with Gasteiger partial charge < -0.3 is 10.3 Å². The zero-order valence-corrected chi connectivity index (χ0v) is 10.2. The van der Waals surface area contributed by atoms with Crippen molar-refractivity contribution in [3.05, 3.63) is 35.4 Å². The number of benzene rings is 1. The number of hydrogen-bond donors (Lipinski definition) is 1. The number of nitrogens with zero attached hydrogens (tertiary/aromatic N) is 3. The zero-order valence-electron chi connectivity index (χ0n) is 10.2. The lowest BCUT2D eigenvalue weighted by Crippen LogP contribution is -2.32. The highest BCUT2D eigenvalue weighted by Crippen LogP contribution is 2.26. The van der Waals surface area contributed by atoms with Gasteiger partial charge in [-0.05, 0) is 25.0 Å². The fourth-order valence-corrected chi connectivity index (χ4v) is 2.37. The summed E-state index contributed by atoms with van der Waals surface area (Å²) in [7, 11) is 0. The molecular weight excluding hydrogens is 231 g/mol. The van der Waals surface area contributed by atoms with Crippen LogP contribution in [0.25, 0.3) is 11.4 Å². The van der Waals surface area contributed by atoms with Crippen molar-refractivity contribution in [1.29, 1.82) is 0 Å². The molecule has 0 saturated carbocycles. The summed E-state index contributed by atoms with van der Waals surface area (Å²) >= 11 is 0. The minimum absolute atomic E-state index is 0.0973. The summed E-state index contributed by atoms with van der Waals surface area (Å²) in [5, 5.41) is 8.25. The van der Waals surface area contributed by atoms with Gasteiger partial charge in [0, 0.05) is 19.0 Å². The van der Waals surface area contributed by atoms with Crippen molar-refractivity contribution in [3.8, 4) is 11.4 Å². The first-order valence-electron chi connectivity index (χ1n) is 6.10. The Bertz CT molecular complexity index is 591. The van der Waals surface area contributed by atoms with Crippen LogP contribution in [0.1, 0.15) is 17.8 Å². The molecule has 0 radical (unpaired) electrons. The van der Waals surface area contributed by atoms with Crippen molar-refractivity contribution in [3.63, 3.8) is 0 Å². The van der Waals surface area contributed by atoms with Crippen LogP contribution in [0.4, 0.5) is 4.39 Å². The van der Waals surface area contributed by atoms with Crippen LogP contribution in [0.15, 0.2) is 18.2 Å². The fraction of sp³-hybridized carbons (Fsp3) is 0.385. The van der Waals surface area contributed by atoms with Crippen molar-refractivity contribution in [1.82, 2.24) is 14.8 Å². The second-order valence-electron chi connectivity index (χ2n) is 4.79. The molecule has 0 bridgehead atoms. The second-order valence-corrected chi connectivity index (χ2v) is 4.79. The minimum Gasteiger partial charge on any atom is -0.326 e. The maximum Gasteiger partial charge on any atom is 0.166 e. The molecule has 2 aromatic rings. The average Bonchev–Trinajstić information content (AvgIpc) is 2.75. The van der Waals surface area contributed by atoms with E-state index in [4.69, 9.17) is 5.73 Å². The molecule has 1 aromatic heterocycles. The van der Waals surface area contributed by atoms with E-state index in [2.05, 4.69) is 10.2 Å². The molecule has 0 spiro atoms. The van der Waals surface area contributed by atoms with Gasteiger partial charge in [-0.15, -0.1) is 10.2 Å². The quantitative estimate of drug-likeness (QED) is 0.832. The molecule has 0 fully saturated rings. The Morgan fingerprint density at radius 2 is 2.22 bits per heavy atom. The smallest absolute Gasteiger partial charge is 0.166 e. The highest BCUT2D eigenvalue weighted by atomic mass is 19.1. The lowest BCUT2D eigenvalue weighted by Gasteiger charge is -2.21. The van der Waals surface area contributed by atoms with Gasteiger partial charge in [0.25, 0.3) is 0 Å². The molecule has 3 rings (SSSR count). The van der Waals surface area contributed by atoms with Crippen LogP contribution in [0.2, 0.25) is 0 Å². The van der Waals surface area contributed by atoms with E-state index in [-0.39, 0.29) is 11.9 Å².